The molecule has 0 bridgehead atoms. The molecular weight excluding hydrogens is 404 g/mol. The normalized spacial score (nSPS) is 20.0. The first-order chi connectivity index (χ1) is 14.4. The van der Waals surface area contributed by atoms with Crippen molar-refractivity contribution in [2.45, 2.75) is 32.7 Å². The van der Waals surface area contributed by atoms with Gasteiger partial charge in [0, 0.05) is 37.2 Å². The molecule has 4 rings (SSSR count). The summed E-state index contributed by atoms with van der Waals surface area (Å²) in [6, 6.07) is 7.44. The number of carbonyl (C=O) groups is 2. The smallest absolute Gasteiger partial charge is 0.246 e. The van der Waals surface area contributed by atoms with E-state index in [0.717, 1.165) is 24.8 Å². The van der Waals surface area contributed by atoms with Crippen LogP contribution in [0.2, 0.25) is 5.02 Å². The Morgan fingerprint density at radius 3 is 2.70 bits per heavy atom. The molecule has 1 aliphatic heterocycles. The molecule has 0 radical (unpaired) electrons. The fourth-order valence-corrected chi connectivity index (χ4v) is 4.46. The molecule has 2 aromatic rings. The van der Waals surface area contributed by atoms with E-state index in [-0.39, 0.29) is 23.1 Å². The molecule has 1 aromatic heterocycles. The van der Waals surface area contributed by atoms with Crippen molar-refractivity contribution < 1.29 is 14.2 Å². The second kappa shape index (κ2) is 8.22. The minimum atomic E-state index is -0.0144. The van der Waals surface area contributed by atoms with Crippen molar-refractivity contribution in [2.75, 3.05) is 20.1 Å². The Morgan fingerprint density at radius 2 is 2.03 bits per heavy atom. The summed E-state index contributed by atoms with van der Waals surface area (Å²) in [6.07, 6.45) is 5.94. The maximum Gasteiger partial charge on any atom is 0.246 e. The van der Waals surface area contributed by atoms with Crippen LogP contribution in [0.15, 0.2) is 35.0 Å². The molecule has 1 saturated heterocycles. The number of benzene rings is 1. The fraction of sp³-hybridized carbons (Fsp3) is 0.455. The van der Waals surface area contributed by atoms with Crippen LogP contribution >= 0.6 is 11.6 Å². The number of hydrogen-bond acceptors (Lipinski definition) is 5. The molecule has 7 nitrogen and oxygen atoms in total. The fourth-order valence-electron chi connectivity index (χ4n) is 4.26. The summed E-state index contributed by atoms with van der Waals surface area (Å²) < 4.78 is 4.71. The van der Waals surface area contributed by atoms with Crippen molar-refractivity contribution in [2.24, 2.45) is 11.3 Å². The SMILES string of the molecule is Cc1nonc1CN(C)C(=O)C1CC12CCN(C(=O)C=Cc1ccccc1Cl)CC2. The van der Waals surface area contributed by atoms with Gasteiger partial charge in [0.05, 0.1) is 6.54 Å². The molecule has 1 spiro atoms. The van der Waals surface area contributed by atoms with E-state index in [1.54, 1.807) is 30.2 Å². The molecule has 1 aliphatic carbocycles. The van der Waals surface area contributed by atoms with Crippen LogP contribution in [0.4, 0.5) is 0 Å². The van der Waals surface area contributed by atoms with Gasteiger partial charge in [-0.2, -0.15) is 0 Å². The maximum atomic E-state index is 12.9. The molecule has 1 saturated carbocycles. The molecule has 30 heavy (non-hydrogen) atoms. The Morgan fingerprint density at radius 1 is 1.30 bits per heavy atom. The largest absolute Gasteiger partial charge is 0.339 e. The number of halogens is 1. The highest BCUT2D eigenvalue weighted by Gasteiger charge is 2.59. The molecule has 8 heteroatoms. The van der Waals surface area contributed by atoms with Gasteiger partial charge in [-0.1, -0.05) is 40.1 Å². The van der Waals surface area contributed by atoms with Gasteiger partial charge in [-0.25, -0.2) is 4.63 Å². The van der Waals surface area contributed by atoms with E-state index in [4.69, 9.17) is 16.2 Å². The molecule has 1 aromatic carbocycles. The molecule has 1 atom stereocenters. The number of aryl methyl sites for hydroxylation is 1. The average Bonchev–Trinajstić information content (AvgIpc) is 3.29. The number of rotatable bonds is 5. The molecule has 2 fully saturated rings. The van der Waals surface area contributed by atoms with Crippen LogP contribution in [-0.2, 0) is 16.1 Å². The minimum Gasteiger partial charge on any atom is -0.339 e. The van der Waals surface area contributed by atoms with E-state index in [9.17, 15) is 9.59 Å². The van der Waals surface area contributed by atoms with Crippen molar-refractivity contribution in [1.29, 1.82) is 0 Å². The Balaban J connectivity index is 1.29. The average molecular weight is 429 g/mol. The quantitative estimate of drug-likeness (QED) is 0.682. The van der Waals surface area contributed by atoms with Gasteiger partial charge < -0.3 is 9.80 Å². The summed E-state index contributed by atoms with van der Waals surface area (Å²) >= 11 is 6.14. The van der Waals surface area contributed by atoms with Crippen LogP contribution in [0.1, 0.15) is 36.2 Å². The minimum absolute atomic E-state index is 0.0144. The number of piperidine rings is 1. The standard InChI is InChI=1S/C22H25ClN4O3/c1-15-19(25-30-24-15)14-26(2)21(29)17-13-22(17)9-11-27(12-10-22)20(28)8-7-16-5-3-4-6-18(16)23/h3-8,17H,9-14H2,1-2H3. The monoisotopic (exact) mass is 428 g/mol. The summed E-state index contributed by atoms with van der Waals surface area (Å²) in [5, 5.41) is 8.24. The number of aromatic nitrogens is 2. The number of likely N-dealkylation sites (tertiary alicyclic amines) is 1. The van der Waals surface area contributed by atoms with Crippen molar-refractivity contribution in [3.8, 4) is 0 Å². The second-order valence-corrected chi connectivity index (χ2v) is 8.70. The number of hydrogen-bond donors (Lipinski definition) is 0. The lowest BCUT2D eigenvalue weighted by molar-refractivity contribution is -0.133. The van der Waals surface area contributed by atoms with Crippen LogP contribution < -0.4 is 0 Å². The summed E-state index contributed by atoms with van der Waals surface area (Å²) in [7, 11) is 1.79. The van der Waals surface area contributed by atoms with E-state index in [2.05, 4.69) is 10.3 Å². The zero-order valence-electron chi connectivity index (χ0n) is 17.2. The number of carbonyl (C=O) groups excluding carboxylic acids is 2. The third-order valence-electron chi connectivity index (χ3n) is 6.38. The molecule has 158 valence electrons. The summed E-state index contributed by atoms with van der Waals surface area (Å²) in [5.74, 6) is 0.147. The van der Waals surface area contributed by atoms with E-state index in [1.165, 1.54) is 0 Å². The van der Waals surface area contributed by atoms with Crippen molar-refractivity contribution >= 4 is 29.5 Å². The van der Waals surface area contributed by atoms with Gasteiger partial charge in [0.1, 0.15) is 11.4 Å². The number of nitrogens with zero attached hydrogens (tertiary/aromatic N) is 4. The van der Waals surface area contributed by atoms with Gasteiger partial charge in [-0.15, -0.1) is 0 Å². The second-order valence-electron chi connectivity index (χ2n) is 8.29. The molecule has 0 N–H and O–H groups in total. The predicted octanol–water partition coefficient (Wildman–Crippen LogP) is 3.33. The number of amides is 2. The molecular formula is C22H25ClN4O3. The zero-order valence-corrected chi connectivity index (χ0v) is 17.9. The highest BCUT2D eigenvalue weighted by molar-refractivity contribution is 6.32. The van der Waals surface area contributed by atoms with E-state index in [1.807, 2.05) is 30.0 Å². The third kappa shape index (κ3) is 4.12. The van der Waals surface area contributed by atoms with Crippen LogP contribution in [0.3, 0.4) is 0 Å². The topological polar surface area (TPSA) is 79.5 Å². The molecule has 2 amide bonds. The molecule has 2 heterocycles. The van der Waals surface area contributed by atoms with Crippen LogP contribution in [0.5, 0.6) is 0 Å². The lowest BCUT2D eigenvalue weighted by Gasteiger charge is -2.32. The Kier molecular flexibility index (Phi) is 5.64. The maximum absolute atomic E-state index is 12.9. The molecule has 1 unspecified atom stereocenters. The summed E-state index contributed by atoms with van der Waals surface area (Å²) in [6.45, 7) is 3.56. The predicted molar refractivity (Wildman–Crippen MR) is 112 cm³/mol. The molecule has 2 aliphatic rings. The van der Waals surface area contributed by atoms with E-state index < -0.39 is 0 Å². The lowest BCUT2D eigenvalue weighted by atomic mass is 9.90. The Labute approximate surface area is 180 Å². The first kappa shape index (κ1) is 20.6. The Hall–Kier alpha value is -2.67. The first-order valence-corrected chi connectivity index (χ1v) is 10.5. The zero-order chi connectivity index (χ0) is 21.3. The van der Waals surface area contributed by atoms with Crippen LogP contribution in [-0.4, -0.2) is 52.1 Å². The summed E-state index contributed by atoms with van der Waals surface area (Å²) in [4.78, 5) is 29.0. The third-order valence-corrected chi connectivity index (χ3v) is 6.72. The Bertz CT molecular complexity index is 978. The van der Waals surface area contributed by atoms with E-state index >= 15 is 0 Å². The van der Waals surface area contributed by atoms with Gasteiger partial charge in [-0.05, 0) is 49.3 Å². The van der Waals surface area contributed by atoms with Gasteiger partial charge >= 0.3 is 0 Å². The van der Waals surface area contributed by atoms with Crippen molar-refractivity contribution in [3.05, 3.63) is 52.3 Å². The lowest BCUT2D eigenvalue weighted by Crippen LogP contribution is -2.40. The van der Waals surface area contributed by atoms with Gasteiger partial charge in [-0.3, -0.25) is 9.59 Å². The highest BCUT2D eigenvalue weighted by atomic mass is 35.5. The summed E-state index contributed by atoms with van der Waals surface area (Å²) in [5.41, 5.74) is 2.25. The first-order valence-electron chi connectivity index (χ1n) is 10.1. The van der Waals surface area contributed by atoms with Crippen LogP contribution in [0.25, 0.3) is 6.08 Å². The highest BCUT2D eigenvalue weighted by Crippen LogP contribution is 2.60. The van der Waals surface area contributed by atoms with Crippen molar-refractivity contribution in [1.82, 2.24) is 20.1 Å². The van der Waals surface area contributed by atoms with Gasteiger partial charge in [0.2, 0.25) is 11.8 Å². The van der Waals surface area contributed by atoms with Crippen molar-refractivity contribution in [3.63, 3.8) is 0 Å². The van der Waals surface area contributed by atoms with Gasteiger partial charge in [0.15, 0.2) is 0 Å². The van der Waals surface area contributed by atoms with Gasteiger partial charge in [0.25, 0.3) is 0 Å². The van der Waals surface area contributed by atoms with E-state index in [0.29, 0.717) is 36.0 Å². The van der Waals surface area contributed by atoms with Crippen LogP contribution in [0, 0.1) is 18.3 Å².